The Morgan fingerprint density at radius 1 is 0.955 bits per heavy atom. The van der Waals surface area contributed by atoms with Gasteiger partial charge in [0.1, 0.15) is 0 Å². The number of aromatic nitrogens is 1. The van der Waals surface area contributed by atoms with Gasteiger partial charge in [-0.2, -0.15) is 0 Å². The molecule has 1 aromatic heterocycles. The molecule has 22 heavy (non-hydrogen) atoms. The lowest BCUT2D eigenvalue weighted by Gasteiger charge is -2.15. The van der Waals surface area contributed by atoms with Gasteiger partial charge in [-0.25, -0.2) is 0 Å². The fourth-order valence-electron chi connectivity index (χ4n) is 3.97. The summed E-state index contributed by atoms with van der Waals surface area (Å²) in [6.07, 6.45) is 10.6. The molecule has 1 heterocycles. The summed E-state index contributed by atoms with van der Waals surface area (Å²) in [4.78, 5) is 0. The second kappa shape index (κ2) is 7.17. The van der Waals surface area contributed by atoms with Crippen molar-refractivity contribution >= 4 is 0 Å². The van der Waals surface area contributed by atoms with Gasteiger partial charge in [-0.05, 0) is 50.2 Å². The number of hydrogen-bond donors (Lipinski definition) is 0. The van der Waals surface area contributed by atoms with Gasteiger partial charge in [-0.1, -0.05) is 56.5 Å². The molecule has 1 aliphatic carbocycles. The number of fused-ring (bicyclic) bond motifs is 1. The molecule has 0 bridgehead atoms. The molecule has 0 amide bonds. The Hall–Kier alpha value is -1.50. The molecule has 118 valence electrons. The van der Waals surface area contributed by atoms with E-state index in [9.17, 15) is 0 Å². The van der Waals surface area contributed by atoms with Gasteiger partial charge in [0.25, 0.3) is 0 Å². The van der Waals surface area contributed by atoms with Crippen LogP contribution in [0.1, 0.15) is 62.4 Å². The van der Waals surface area contributed by atoms with Crippen LogP contribution in [0, 0.1) is 6.92 Å². The summed E-state index contributed by atoms with van der Waals surface area (Å²) in [5, 5.41) is 0. The third-order valence-electron chi connectivity index (χ3n) is 5.13. The highest BCUT2D eigenvalue weighted by Crippen LogP contribution is 2.36. The van der Waals surface area contributed by atoms with Crippen molar-refractivity contribution in [2.24, 2.45) is 0 Å². The predicted molar refractivity (Wildman–Crippen MR) is 95.4 cm³/mol. The predicted octanol–water partition coefficient (Wildman–Crippen LogP) is 5.92. The van der Waals surface area contributed by atoms with E-state index in [1.807, 2.05) is 0 Å². The first-order valence-electron chi connectivity index (χ1n) is 9.09. The van der Waals surface area contributed by atoms with E-state index < -0.39 is 0 Å². The van der Waals surface area contributed by atoms with Crippen LogP contribution >= 0.6 is 0 Å². The van der Waals surface area contributed by atoms with Crippen molar-refractivity contribution in [1.82, 2.24) is 4.57 Å². The number of benzene rings is 1. The van der Waals surface area contributed by atoms with E-state index in [4.69, 9.17) is 0 Å². The third-order valence-corrected chi connectivity index (χ3v) is 5.13. The zero-order valence-electron chi connectivity index (χ0n) is 14.2. The lowest BCUT2D eigenvalue weighted by molar-refractivity contribution is 0.558. The first-order valence-corrected chi connectivity index (χ1v) is 9.09. The molecule has 0 fully saturated rings. The Kier molecular flexibility index (Phi) is 5.02. The molecule has 0 spiro atoms. The molecule has 0 N–H and O–H groups in total. The van der Waals surface area contributed by atoms with E-state index in [0.29, 0.717) is 0 Å². The normalized spacial score (nSPS) is 15.2. The van der Waals surface area contributed by atoms with Gasteiger partial charge in [-0.3, -0.25) is 0 Å². The van der Waals surface area contributed by atoms with Gasteiger partial charge in [0.05, 0.1) is 0 Å². The van der Waals surface area contributed by atoms with Crippen LogP contribution in [-0.2, 0) is 19.4 Å². The molecule has 3 rings (SSSR count). The number of unbranched alkanes of at least 4 members (excludes halogenated alkanes) is 1. The molecule has 1 aliphatic rings. The average Bonchev–Trinajstić information content (AvgIpc) is 2.77. The number of hydrogen-bond acceptors (Lipinski definition) is 0. The highest BCUT2D eigenvalue weighted by molar-refractivity contribution is 5.72. The molecule has 1 aromatic carbocycles. The quantitative estimate of drug-likeness (QED) is 0.659. The molecule has 0 atom stereocenters. The van der Waals surface area contributed by atoms with E-state index in [-0.39, 0.29) is 0 Å². The monoisotopic (exact) mass is 295 g/mol. The summed E-state index contributed by atoms with van der Waals surface area (Å²) >= 11 is 0. The Morgan fingerprint density at radius 2 is 1.68 bits per heavy atom. The molecule has 0 aliphatic heterocycles. The maximum absolute atomic E-state index is 2.65. The van der Waals surface area contributed by atoms with Crippen molar-refractivity contribution in [3.63, 3.8) is 0 Å². The van der Waals surface area contributed by atoms with E-state index in [1.54, 1.807) is 11.3 Å². The van der Waals surface area contributed by atoms with Crippen LogP contribution in [0.2, 0.25) is 0 Å². The zero-order chi connectivity index (χ0) is 15.4. The number of nitrogens with zero attached hydrogens (tertiary/aromatic N) is 1. The Labute approximate surface area is 135 Å². The van der Waals surface area contributed by atoms with Gasteiger partial charge in [-0.15, -0.1) is 0 Å². The van der Waals surface area contributed by atoms with Crippen LogP contribution in [0.4, 0.5) is 0 Å². The van der Waals surface area contributed by atoms with Crippen molar-refractivity contribution < 1.29 is 0 Å². The maximum Gasteiger partial charge on any atom is 0.0228 e. The molecule has 0 radical (unpaired) electrons. The fourth-order valence-corrected chi connectivity index (χ4v) is 3.97. The molecular formula is C21H29N. The third kappa shape index (κ3) is 2.99. The van der Waals surface area contributed by atoms with Crippen LogP contribution < -0.4 is 0 Å². The van der Waals surface area contributed by atoms with Crippen LogP contribution in [0.15, 0.2) is 30.3 Å². The highest BCUT2D eigenvalue weighted by Gasteiger charge is 2.21. The summed E-state index contributed by atoms with van der Waals surface area (Å²) in [6, 6.07) is 11.0. The van der Waals surface area contributed by atoms with E-state index in [0.717, 1.165) is 0 Å². The zero-order valence-corrected chi connectivity index (χ0v) is 14.2. The highest BCUT2D eigenvalue weighted by atomic mass is 15.0. The summed E-state index contributed by atoms with van der Waals surface area (Å²) < 4.78 is 2.65. The SMILES string of the molecule is CCCCn1c(C)c(-c2ccccc2)c2c1CCCCCC2. The molecular weight excluding hydrogens is 266 g/mol. The van der Waals surface area contributed by atoms with E-state index in [2.05, 4.69) is 48.7 Å². The number of rotatable bonds is 4. The van der Waals surface area contributed by atoms with Gasteiger partial charge in [0.15, 0.2) is 0 Å². The van der Waals surface area contributed by atoms with Crippen molar-refractivity contribution in [1.29, 1.82) is 0 Å². The van der Waals surface area contributed by atoms with Gasteiger partial charge < -0.3 is 4.57 Å². The second-order valence-corrected chi connectivity index (χ2v) is 6.67. The molecule has 0 saturated heterocycles. The summed E-state index contributed by atoms with van der Waals surface area (Å²) in [5.41, 5.74) is 7.73. The lowest BCUT2D eigenvalue weighted by atomic mass is 9.92. The Morgan fingerprint density at radius 3 is 2.41 bits per heavy atom. The average molecular weight is 295 g/mol. The smallest absolute Gasteiger partial charge is 0.0228 e. The van der Waals surface area contributed by atoms with Crippen LogP contribution in [0.5, 0.6) is 0 Å². The minimum Gasteiger partial charge on any atom is -0.348 e. The largest absolute Gasteiger partial charge is 0.348 e. The molecule has 0 unspecified atom stereocenters. The minimum atomic E-state index is 1.19. The second-order valence-electron chi connectivity index (χ2n) is 6.67. The Bertz CT molecular complexity index is 607. The standard InChI is InChI=1S/C21H29N/c1-3-4-16-22-17(2)21(18-12-8-7-9-13-18)19-14-10-5-6-11-15-20(19)22/h7-9,12-13H,3-6,10-11,14-16H2,1-2H3. The van der Waals surface area contributed by atoms with Crippen LogP contribution in [0.25, 0.3) is 11.1 Å². The van der Waals surface area contributed by atoms with Crippen LogP contribution in [-0.4, -0.2) is 4.57 Å². The summed E-state index contributed by atoms with van der Waals surface area (Å²) in [5.74, 6) is 0. The lowest BCUT2D eigenvalue weighted by Crippen LogP contribution is -2.08. The van der Waals surface area contributed by atoms with E-state index >= 15 is 0 Å². The first-order chi connectivity index (χ1) is 10.8. The molecule has 1 nitrogen and oxygen atoms in total. The van der Waals surface area contributed by atoms with Crippen molar-refractivity contribution in [2.45, 2.75) is 71.8 Å². The first kappa shape index (κ1) is 15.4. The fraction of sp³-hybridized carbons (Fsp3) is 0.524. The minimum absolute atomic E-state index is 1.19. The topological polar surface area (TPSA) is 4.93 Å². The van der Waals surface area contributed by atoms with Crippen molar-refractivity contribution in [3.05, 3.63) is 47.3 Å². The molecule has 1 heteroatoms. The summed E-state index contributed by atoms with van der Waals surface area (Å²) in [7, 11) is 0. The van der Waals surface area contributed by atoms with Crippen LogP contribution in [0.3, 0.4) is 0 Å². The maximum atomic E-state index is 2.65. The van der Waals surface area contributed by atoms with Gasteiger partial charge >= 0.3 is 0 Å². The molecule has 0 saturated carbocycles. The van der Waals surface area contributed by atoms with Gasteiger partial charge in [0, 0.05) is 23.5 Å². The van der Waals surface area contributed by atoms with E-state index in [1.165, 1.54) is 74.7 Å². The molecule has 2 aromatic rings. The van der Waals surface area contributed by atoms with Crippen molar-refractivity contribution in [3.8, 4) is 11.1 Å². The van der Waals surface area contributed by atoms with Crippen molar-refractivity contribution in [2.75, 3.05) is 0 Å². The summed E-state index contributed by atoms with van der Waals surface area (Å²) in [6.45, 7) is 5.82. The van der Waals surface area contributed by atoms with Gasteiger partial charge in [0.2, 0.25) is 0 Å². The Balaban J connectivity index is 2.11.